The molecule has 112 valence electrons. The molecule has 5 aliphatic rings. The maximum absolute atomic E-state index is 12.6. The average molecular weight is 290 g/mol. The summed E-state index contributed by atoms with van der Waals surface area (Å²) in [6.45, 7) is 7.79. The van der Waals surface area contributed by atoms with Gasteiger partial charge in [-0.1, -0.05) is 12.2 Å². The lowest BCUT2D eigenvalue weighted by atomic mass is 9.53. The van der Waals surface area contributed by atoms with Crippen molar-refractivity contribution in [1.29, 1.82) is 0 Å². The minimum Gasteiger partial charge on any atom is -0.459 e. The fourth-order valence-corrected chi connectivity index (χ4v) is 6.23. The number of Topliss-reactive ketones (excluding diaryl/α,β-unsaturated/α-hetero) is 1. The molecule has 2 saturated heterocycles. The average Bonchev–Trinajstić information content (AvgIpc) is 2.86. The molecule has 1 N–H and O–H groups in total. The number of rotatable bonds is 1. The van der Waals surface area contributed by atoms with Crippen LogP contribution in [0, 0.1) is 23.2 Å². The molecule has 2 heterocycles. The van der Waals surface area contributed by atoms with Gasteiger partial charge in [0.15, 0.2) is 0 Å². The minimum atomic E-state index is -1.22. The van der Waals surface area contributed by atoms with E-state index in [0.29, 0.717) is 12.8 Å². The Morgan fingerprint density at radius 1 is 1.43 bits per heavy atom. The van der Waals surface area contributed by atoms with Crippen LogP contribution < -0.4 is 0 Å². The van der Waals surface area contributed by atoms with Crippen LogP contribution in [0.3, 0.4) is 0 Å². The summed E-state index contributed by atoms with van der Waals surface area (Å²) in [6, 6.07) is 0. The summed E-state index contributed by atoms with van der Waals surface area (Å²) >= 11 is 0. The third-order valence-electron chi connectivity index (χ3n) is 7.07. The van der Waals surface area contributed by atoms with Crippen molar-refractivity contribution in [3.05, 3.63) is 12.2 Å². The number of allylic oxidation sites excluding steroid dienone is 1. The third-order valence-corrected chi connectivity index (χ3v) is 7.07. The Morgan fingerprint density at radius 2 is 2.14 bits per heavy atom. The Kier molecular flexibility index (Phi) is 1.75. The van der Waals surface area contributed by atoms with Gasteiger partial charge in [-0.3, -0.25) is 4.79 Å². The molecule has 8 atom stereocenters. The number of ether oxygens (including phenoxy) is 2. The summed E-state index contributed by atoms with van der Waals surface area (Å²) in [5, 5.41) is 11.5. The molecule has 3 saturated carbocycles. The zero-order valence-corrected chi connectivity index (χ0v) is 12.1. The van der Waals surface area contributed by atoms with Crippen LogP contribution in [0.2, 0.25) is 0 Å². The van der Waals surface area contributed by atoms with Gasteiger partial charge in [0.05, 0.1) is 16.9 Å². The summed E-state index contributed by atoms with van der Waals surface area (Å²) in [5.41, 5.74) is -2.15. The molecule has 2 bridgehead atoms. The number of epoxide rings is 1. The van der Waals surface area contributed by atoms with Crippen molar-refractivity contribution < 1.29 is 24.2 Å². The lowest BCUT2D eigenvalue weighted by molar-refractivity contribution is -0.199. The van der Waals surface area contributed by atoms with Gasteiger partial charge in [0.2, 0.25) is 5.60 Å². The molecular weight excluding hydrogens is 272 g/mol. The monoisotopic (exact) mass is 290 g/mol. The molecule has 5 heteroatoms. The molecule has 0 aromatic heterocycles. The van der Waals surface area contributed by atoms with E-state index >= 15 is 0 Å². The Balaban J connectivity index is 1.78. The van der Waals surface area contributed by atoms with Crippen molar-refractivity contribution in [3.63, 3.8) is 0 Å². The Morgan fingerprint density at radius 3 is 2.81 bits per heavy atom. The second kappa shape index (κ2) is 2.97. The molecule has 0 amide bonds. The molecule has 0 aromatic carbocycles. The summed E-state index contributed by atoms with van der Waals surface area (Å²) in [6.07, 6.45) is -0.0457. The lowest BCUT2D eigenvalue weighted by Crippen LogP contribution is -2.65. The molecule has 0 radical (unpaired) electrons. The van der Waals surface area contributed by atoms with Crippen LogP contribution in [-0.2, 0) is 19.1 Å². The van der Waals surface area contributed by atoms with E-state index in [1.54, 1.807) is 0 Å². The zero-order chi connectivity index (χ0) is 14.9. The first-order chi connectivity index (χ1) is 9.79. The van der Waals surface area contributed by atoms with E-state index in [1.807, 2.05) is 13.8 Å². The van der Waals surface area contributed by atoms with Gasteiger partial charge in [-0.15, -0.1) is 0 Å². The Labute approximate surface area is 122 Å². The van der Waals surface area contributed by atoms with Crippen molar-refractivity contribution in [1.82, 2.24) is 0 Å². The highest BCUT2D eigenvalue weighted by atomic mass is 16.7. The first kappa shape index (κ1) is 12.4. The van der Waals surface area contributed by atoms with Crippen molar-refractivity contribution >= 4 is 11.8 Å². The number of aliphatic hydroxyl groups is 1. The maximum atomic E-state index is 12.6. The molecule has 2 aliphatic heterocycles. The van der Waals surface area contributed by atoms with Crippen LogP contribution in [0.25, 0.3) is 0 Å². The normalized spacial score (nSPS) is 62.3. The van der Waals surface area contributed by atoms with Crippen molar-refractivity contribution in [2.45, 2.75) is 50.1 Å². The maximum Gasteiger partial charge on any atom is 0.342 e. The van der Waals surface area contributed by atoms with Crippen LogP contribution in [0.5, 0.6) is 0 Å². The van der Waals surface area contributed by atoms with E-state index < -0.39 is 28.6 Å². The number of hydrogen-bond donors (Lipinski definition) is 1. The predicted molar refractivity (Wildman–Crippen MR) is 70.1 cm³/mol. The van der Waals surface area contributed by atoms with E-state index in [0.717, 1.165) is 5.57 Å². The second-order valence-corrected chi connectivity index (χ2v) is 7.68. The molecule has 0 unspecified atom stereocenters. The van der Waals surface area contributed by atoms with Crippen molar-refractivity contribution in [2.24, 2.45) is 23.2 Å². The lowest BCUT2D eigenvalue weighted by Gasteiger charge is -2.53. The molecule has 3 aliphatic carbocycles. The van der Waals surface area contributed by atoms with Crippen LogP contribution >= 0.6 is 0 Å². The SMILES string of the molecule is C=C(C)[C@@H]1[C@H]2CC(=O)[C@@H]1[C@]1(O)C[C@H]3O[C@]34C(=O)O[C@H]2[C@]14C. The number of carbonyl (C=O) groups is 2. The topological polar surface area (TPSA) is 76.1 Å². The summed E-state index contributed by atoms with van der Waals surface area (Å²) < 4.78 is 11.3. The fourth-order valence-electron chi connectivity index (χ4n) is 6.23. The number of hydrogen-bond acceptors (Lipinski definition) is 5. The van der Waals surface area contributed by atoms with E-state index in [2.05, 4.69) is 6.58 Å². The van der Waals surface area contributed by atoms with E-state index in [-0.39, 0.29) is 29.7 Å². The molecule has 5 nitrogen and oxygen atoms in total. The highest BCUT2D eigenvalue weighted by Crippen LogP contribution is 2.78. The molecule has 5 fully saturated rings. The van der Waals surface area contributed by atoms with E-state index in [4.69, 9.17) is 9.47 Å². The van der Waals surface area contributed by atoms with Gasteiger partial charge < -0.3 is 14.6 Å². The number of esters is 1. The second-order valence-electron chi connectivity index (χ2n) is 7.68. The predicted octanol–water partition coefficient (Wildman–Crippen LogP) is 0.602. The zero-order valence-electron chi connectivity index (χ0n) is 12.1. The van der Waals surface area contributed by atoms with Crippen molar-refractivity contribution in [2.75, 3.05) is 0 Å². The Bertz CT molecular complexity index is 641. The van der Waals surface area contributed by atoms with E-state index in [9.17, 15) is 14.7 Å². The Hall–Kier alpha value is -1.20. The number of carbonyl (C=O) groups excluding carboxylic acids is 2. The molecular formula is C16H18O5. The van der Waals surface area contributed by atoms with Gasteiger partial charge in [0.25, 0.3) is 0 Å². The molecule has 5 rings (SSSR count). The quantitative estimate of drug-likeness (QED) is 0.435. The van der Waals surface area contributed by atoms with Gasteiger partial charge in [-0.25, -0.2) is 4.79 Å². The van der Waals surface area contributed by atoms with Crippen LogP contribution in [0.4, 0.5) is 0 Å². The standard InChI is InChI=1S/C16H18O5/c1-6(2)10-7-4-8(17)11(10)15(19)5-9-16(21-9)13(18)20-12(7)14(15,16)3/h7,9-12,19H,1,4-5H2,2-3H3/t7-,9-,10-,11+,12-,14-,15-,16+/m1/s1. The fraction of sp³-hybridized carbons (Fsp3) is 0.750. The van der Waals surface area contributed by atoms with Gasteiger partial charge in [-0.05, 0) is 19.8 Å². The molecule has 0 aromatic rings. The van der Waals surface area contributed by atoms with Gasteiger partial charge in [-0.2, -0.15) is 0 Å². The molecule has 21 heavy (non-hydrogen) atoms. The van der Waals surface area contributed by atoms with Crippen molar-refractivity contribution in [3.8, 4) is 0 Å². The highest BCUT2D eigenvalue weighted by molar-refractivity contribution is 5.93. The van der Waals surface area contributed by atoms with Gasteiger partial charge in [0.1, 0.15) is 18.0 Å². The largest absolute Gasteiger partial charge is 0.459 e. The van der Waals surface area contributed by atoms with E-state index in [1.165, 1.54) is 0 Å². The summed E-state index contributed by atoms with van der Waals surface area (Å²) in [5.74, 6) is -0.906. The highest BCUT2D eigenvalue weighted by Gasteiger charge is 2.94. The van der Waals surface area contributed by atoms with Gasteiger partial charge in [0, 0.05) is 18.8 Å². The van der Waals surface area contributed by atoms with Crippen LogP contribution in [0.15, 0.2) is 12.2 Å². The van der Waals surface area contributed by atoms with Gasteiger partial charge >= 0.3 is 5.97 Å². The number of fused-ring (bicyclic) bond motifs is 4. The first-order valence-corrected chi connectivity index (χ1v) is 7.58. The minimum absolute atomic E-state index is 0.0726. The summed E-state index contributed by atoms with van der Waals surface area (Å²) in [7, 11) is 0. The number of ketones is 1. The first-order valence-electron chi connectivity index (χ1n) is 7.58. The molecule has 1 spiro atoms. The third kappa shape index (κ3) is 0.900. The van der Waals surface area contributed by atoms with Crippen LogP contribution in [0.1, 0.15) is 26.7 Å². The summed E-state index contributed by atoms with van der Waals surface area (Å²) in [4.78, 5) is 24.9. The van der Waals surface area contributed by atoms with Crippen LogP contribution in [-0.4, -0.2) is 40.3 Å². The smallest absolute Gasteiger partial charge is 0.342 e.